The standard InChI is InChI=1S/C20H33N7O8/c1-10(28)16(19(33)26-14(20(34)35)6-11-8-23-9-24-11)27-18(32)13(4-2-3-5-21)25-17(31)12(22)7-15(29)30/h8-10,12-14,16,28H,2-7,21-22H2,1H3,(H,23,24)(H,25,31)(H,26,33)(H,27,32)(H,29,30)(H,34,35)/t10-,12+,13+,14+,16+/m1/s1. The van der Waals surface area contributed by atoms with Crippen LogP contribution in [0.3, 0.4) is 0 Å². The number of aromatic amines is 1. The Morgan fingerprint density at radius 1 is 1.03 bits per heavy atom. The van der Waals surface area contributed by atoms with Crippen LogP contribution in [0.1, 0.15) is 38.3 Å². The molecule has 15 nitrogen and oxygen atoms in total. The minimum absolute atomic E-state index is 0.0975. The number of hydrogen-bond donors (Lipinski definition) is 9. The molecule has 0 fully saturated rings. The van der Waals surface area contributed by atoms with Crippen molar-refractivity contribution in [2.24, 2.45) is 11.5 Å². The highest BCUT2D eigenvalue weighted by Gasteiger charge is 2.33. The van der Waals surface area contributed by atoms with Crippen LogP contribution in [0, 0.1) is 0 Å². The van der Waals surface area contributed by atoms with Crippen LogP contribution >= 0.6 is 0 Å². The molecule has 0 saturated heterocycles. The van der Waals surface area contributed by atoms with Crippen molar-refractivity contribution < 1.29 is 39.3 Å². The van der Waals surface area contributed by atoms with E-state index in [1.165, 1.54) is 19.4 Å². The number of nitrogens with one attached hydrogen (secondary N) is 4. The fraction of sp³-hybridized carbons (Fsp3) is 0.600. The largest absolute Gasteiger partial charge is 0.481 e. The van der Waals surface area contributed by atoms with Gasteiger partial charge in [0.25, 0.3) is 0 Å². The summed E-state index contributed by atoms with van der Waals surface area (Å²) >= 11 is 0. The van der Waals surface area contributed by atoms with Crippen molar-refractivity contribution in [2.75, 3.05) is 6.54 Å². The number of nitrogens with two attached hydrogens (primary N) is 2. The van der Waals surface area contributed by atoms with Gasteiger partial charge in [0.2, 0.25) is 17.7 Å². The van der Waals surface area contributed by atoms with Crippen molar-refractivity contribution in [3.8, 4) is 0 Å². The average Bonchev–Trinajstić information content (AvgIpc) is 3.28. The van der Waals surface area contributed by atoms with Gasteiger partial charge in [0.15, 0.2) is 0 Å². The minimum Gasteiger partial charge on any atom is -0.481 e. The number of amides is 3. The first kappa shape index (κ1) is 29.5. The van der Waals surface area contributed by atoms with Gasteiger partial charge in [-0.15, -0.1) is 0 Å². The molecule has 3 amide bonds. The highest BCUT2D eigenvalue weighted by molar-refractivity contribution is 5.95. The Labute approximate surface area is 201 Å². The zero-order chi connectivity index (χ0) is 26.5. The Morgan fingerprint density at radius 3 is 2.20 bits per heavy atom. The molecule has 0 spiro atoms. The number of H-pyrrole nitrogens is 1. The molecule has 0 saturated carbocycles. The van der Waals surface area contributed by atoms with E-state index in [1.807, 2.05) is 0 Å². The van der Waals surface area contributed by atoms with Gasteiger partial charge in [0.05, 0.1) is 24.9 Å². The lowest BCUT2D eigenvalue weighted by Crippen LogP contribution is -2.60. The number of unbranched alkanes of at least 4 members (excludes halogenated alkanes) is 1. The fourth-order valence-corrected chi connectivity index (χ4v) is 3.06. The maximum absolute atomic E-state index is 12.9. The van der Waals surface area contributed by atoms with E-state index in [0.29, 0.717) is 25.1 Å². The van der Waals surface area contributed by atoms with Crippen LogP contribution in [-0.4, -0.2) is 91.8 Å². The van der Waals surface area contributed by atoms with Crippen LogP contribution in [0.4, 0.5) is 0 Å². The lowest BCUT2D eigenvalue weighted by molar-refractivity contribution is -0.143. The van der Waals surface area contributed by atoms with Crippen LogP contribution in [0.25, 0.3) is 0 Å². The molecule has 0 radical (unpaired) electrons. The van der Waals surface area contributed by atoms with Crippen LogP contribution in [0.15, 0.2) is 12.5 Å². The van der Waals surface area contributed by atoms with Crippen molar-refractivity contribution in [3.63, 3.8) is 0 Å². The highest BCUT2D eigenvalue weighted by atomic mass is 16.4. The van der Waals surface area contributed by atoms with Gasteiger partial charge in [0, 0.05) is 18.3 Å². The van der Waals surface area contributed by atoms with Crippen molar-refractivity contribution >= 4 is 29.7 Å². The van der Waals surface area contributed by atoms with E-state index >= 15 is 0 Å². The molecule has 1 heterocycles. The summed E-state index contributed by atoms with van der Waals surface area (Å²) in [5.41, 5.74) is 11.4. The van der Waals surface area contributed by atoms with E-state index in [9.17, 15) is 34.2 Å². The number of hydrogen-bond acceptors (Lipinski definition) is 9. The van der Waals surface area contributed by atoms with Gasteiger partial charge in [-0.25, -0.2) is 9.78 Å². The van der Waals surface area contributed by atoms with Crippen LogP contribution < -0.4 is 27.4 Å². The van der Waals surface area contributed by atoms with E-state index in [1.54, 1.807) is 0 Å². The summed E-state index contributed by atoms with van der Waals surface area (Å²) in [6.07, 6.45) is 1.57. The predicted octanol–water partition coefficient (Wildman–Crippen LogP) is -3.20. The van der Waals surface area contributed by atoms with E-state index in [-0.39, 0.29) is 12.8 Å². The summed E-state index contributed by atoms with van der Waals surface area (Å²) in [7, 11) is 0. The monoisotopic (exact) mass is 499 g/mol. The third-order valence-corrected chi connectivity index (χ3v) is 4.97. The van der Waals surface area contributed by atoms with E-state index in [2.05, 4.69) is 25.9 Å². The number of aliphatic hydroxyl groups excluding tert-OH is 1. The average molecular weight is 500 g/mol. The number of nitrogens with zero attached hydrogens (tertiary/aromatic N) is 1. The third kappa shape index (κ3) is 10.5. The molecule has 0 bridgehead atoms. The first-order chi connectivity index (χ1) is 16.5. The Morgan fingerprint density at radius 2 is 1.69 bits per heavy atom. The number of carbonyl (C=O) groups is 5. The van der Waals surface area contributed by atoms with E-state index in [4.69, 9.17) is 16.6 Å². The van der Waals surface area contributed by atoms with Gasteiger partial charge in [-0.2, -0.15) is 0 Å². The topological polar surface area (TPSA) is 263 Å². The summed E-state index contributed by atoms with van der Waals surface area (Å²) < 4.78 is 0. The normalized spacial score (nSPS) is 15.2. The molecule has 1 aromatic rings. The van der Waals surface area contributed by atoms with Crippen molar-refractivity contribution in [3.05, 3.63) is 18.2 Å². The smallest absolute Gasteiger partial charge is 0.326 e. The van der Waals surface area contributed by atoms with Crippen LogP contribution in [0.2, 0.25) is 0 Å². The number of carbonyl (C=O) groups excluding carboxylic acids is 3. The molecule has 0 unspecified atom stereocenters. The van der Waals surface area contributed by atoms with Gasteiger partial charge in [-0.05, 0) is 32.7 Å². The summed E-state index contributed by atoms with van der Waals surface area (Å²) in [6, 6.07) is -5.54. The second-order valence-corrected chi connectivity index (χ2v) is 7.96. The summed E-state index contributed by atoms with van der Waals surface area (Å²) in [6.45, 7) is 1.55. The second kappa shape index (κ2) is 14.6. The Kier molecular flexibility index (Phi) is 12.3. The van der Waals surface area contributed by atoms with Crippen LogP contribution in [-0.2, 0) is 30.4 Å². The lowest BCUT2D eigenvalue weighted by atomic mass is 10.0. The maximum atomic E-state index is 12.9. The Balaban J connectivity index is 2.93. The third-order valence-electron chi connectivity index (χ3n) is 4.97. The maximum Gasteiger partial charge on any atom is 0.326 e. The van der Waals surface area contributed by atoms with Gasteiger partial charge in [-0.1, -0.05) is 0 Å². The zero-order valence-electron chi connectivity index (χ0n) is 19.3. The molecular weight excluding hydrogens is 466 g/mol. The van der Waals surface area contributed by atoms with Crippen molar-refractivity contribution in [1.82, 2.24) is 25.9 Å². The Hall–Kier alpha value is -3.56. The molecule has 0 aliphatic carbocycles. The van der Waals surface area contributed by atoms with Gasteiger partial charge < -0.3 is 47.7 Å². The first-order valence-electron chi connectivity index (χ1n) is 10.9. The summed E-state index contributed by atoms with van der Waals surface area (Å²) in [5, 5.41) is 35.3. The quantitative estimate of drug-likeness (QED) is 0.102. The summed E-state index contributed by atoms with van der Waals surface area (Å²) in [4.78, 5) is 66.7. The van der Waals surface area contributed by atoms with Gasteiger partial charge in [-0.3, -0.25) is 19.2 Å². The highest BCUT2D eigenvalue weighted by Crippen LogP contribution is 2.06. The first-order valence-corrected chi connectivity index (χ1v) is 10.9. The molecule has 11 N–H and O–H groups in total. The number of aromatic nitrogens is 2. The number of carboxylic acids is 2. The molecule has 196 valence electrons. The SMILES string of the molecule is C[C@@H](O)[C@H](NC(=O)[C@H](CCCCN)NC(=O)[C@@H](N)CC(=O)O)C(=O)N[C@@H](Cc1cnc[nH]1)C(=O)O. The summed E-state index contributed by atoms with van der Waals surface area (Å²) in [5.74, 6) is -5.34. The van der Waals surface area contributed by atoms with Crippen LogP contribution in [0.5, 0.6) is 0 Å². The zero-order valence-corrected chi connectivity index (χ0v) is 19.3. The molecule has 0 aliphatic rings. The van der Waals surface area contributed by atoms with E-state index < -0.39 is 66.4 Å². The number of aliphatic carboxylic acids is 2. The number of aliphatic hydroxyl groups is 1. The second-order valence-electron chi connectivity index (χ2n) is 7.96. The molecule has 1 aromatic heterocycles. The molecule has 35 heavy (non-hydrogen) atoms. The Bertz CT molecular complexity index is 862. The predicted molar refractivity (Wildman–Crippen MR) is 121 cm³/mol. The number of carboxylic acid groups (broad SMARTS) is 2. The molecular formula is C20H33N7O8. The fourth-order valence-electron chi connectivity index (χ4n) is 3.06. The molecule has 5 atom stereocenters. The van der Waals surface area contributed by atoms with Crippen molar-refractivity contribution in [1.29, 1.82) is 0 Å². The lowest BCUT2D eigenvalue weighted by Gasteiger charge is -2.26. The number of rotatable bonds is 16. The molecule has 15 heteroatoms. The van der Waals surface area contributed by atoms with Gasteiger partial charge >= 0.3 is 11.9 Å². The molecule has 0 aliphatic heterocycles. The van der Waals surface area contributed by atoms with Gasteiger partial charge in [0.1, 0.15) is 18.1 Å². The molecule has 0 aromatic carbocycles. The minimum atomic E-state index is -1.55. The number of imidazole rings is 1. The van der Waals surface area contributed by atoms with E-state index in [0.717, 1.165) is 0 Å². The van der Waals surface area contributed by atoms with Crippen molar-refractivity contribution in [2.45, 2.75) is 69.3 Å². The molecule has 1 rings (SSSR count).